The van der Waals surface area contributed by atoms with E-state index in [9.17, 15) is 20.0 Å². The van der Waals surface area contributed by atoms with E-state index in [0.717, 1.165) is 22.2 Å². The van der Waals surface area contributed by atoms with Gasteiger partial charge in [0.05, 0.1) is 4.92 Å². The van der Waals surface area contributed by atoms with E-state index >= 15 is 0 Å². The molecule has 0 atom stereocenters. The molecule has 2 aromatic heterocycles. The Morgan fingerprint density at radius 2 is 2.00 bits per heavy atom. The fraction of sp³-hybridized carbons (Fsp3) is 0.0667. The highest BCUT2D eigenvalue weighted by molar-refractivity contribution is 5.92. The number of H-pyrrole nitrogens is 2. The molecule has 0 bridgehead atoms. The number of hydrogen-bond donors (Lipinski definition) is 3. The van der Waals surface area contributed by atoms with Crippen molar-refractivity contribution < 1.29 is 10.0 Å². The normalized spacial score (nSPS) is 11.3. The molecule has 1 aromatic carbocycles. The molecule has 0 fully saturated rings. The van der Waals surface area contributed by atoms with Gasteiger partial charge in [0.15, 0.2) is 0 Å². The Kier molecular flexibility index (Phi) is 3.41. The molecule has 0 aliphatic rings. The number of aromatic amines is 2. The zero-order valence-corrected chi connectivity index (χ0v) is 12.0. The Morgan fingerprint density at radius 3 is 2.70 bits per heavy atom. The lowest BCUT2D eigenvalue weighted by Gasteiger charge is -1.97. The third-order valence-corrected chi connectivity index (χ3v) is 3.43. The summed E-state index contributed by atoms with van der Waals surface area (Å²) in [6.45, 7) is 1.91. The quantitative estimate of drug-likeness (QED) is 0.505. The molecule has 0 radical (unpaired) electrons. The number of para-hydroxylation sites is 1. The summed E-state index contributed by atoms with van der Waals surface area (Å²) in [5.74, 6) is -0.878. The SMILES string of the molecule is Cc1[nH]c2ccccc2c1C=Cc1nc(O)c([N+](=O)[O-])c(=O)[nH]1. The minimum Gasteiger partial charge on any atom is -0.488 e. The van der Waals surface area contributed by atoms with Gasteiger partial charge in [0.2, 0.25) is 0 Å². The third kappa shape index (κ3) is 2.57. The van der Waals surface area contributed by atoms with Crippen LogP contribution in [0, 0.1) is 17.0 Å². The average Bonchev–Trinajstić information content (AvgIpc) is 2.79. The number of nitrogens with one attached hydrogen (secondary N) is 2. The number of aromatic nitrogens is 3. The third-order valence-electron chi connectivity index (χ3n) is 3.43. The van der Waals surface area contributed by atoms with Gasteiger partial charge in [0.25, 0.3) is 5.88 Å². The van der Waals surface area contributed by atoms with Crippen LogP contribution in [0.3, 0.4) is 0 Å². The van der Waals surface area contributed by atoms with Crippen LogP contribution in [0.2, 0.25) is 0 Å². The predicted octanol–water partition coefficient (Wildman–Crippen LogP) is 2.34. The molecule has 0 saturated carbocycles. The van der Waals surface area contributed by atoms with Crippen LogP contribution < -0.4 is 5.56 Å². The van der Waals surface area contributed by atoms with Gasteiger partial charge in [-0.05, 0) is 25.1 Å². The van der Waals surface area contributed by atoms with Crippen LogP contribution >= 0.6 is 0 Å². The van der Waals surface area contributed by atoms with Crippen molar-refractivity contribution >= 4 is 28.7 Å². The molecule has 0 aliphatic heterocycles. The van der Waals surface area contributed by atoms with Crippen molar-refractivity contribution in [2.45, 2.75) is 6.92 Å². The number of nitro groups is 1. The van der Waals surface area contributed by atoms with Crippen LogP contribution in [0.1, 0.15) is 17.1 Å². The van der Waals surface area contributed by atoms with Gasteiger partial charge in [-0.3, -0.25) is 14.9 Å². The van der Waals surface area contributed by atoms with E-state index in [-0.39, 0.29) is 5.82 Å². The smallest absolute Gasteiger partial charge is 0.395 e. The summed E-state index contributed by atoms with van der Waals surface area (Å²) >= 11 is 0. The van der Waals surface area contributed by atoms with Crippen molar-refractivity contribution in [3.05, 3.63) is 61.8 Å². The molecule has 0 aliphatic carbocycles. The molecule has 23 heavy (non-hydrogen) atoms. The standard InChI is InChI=1S/C15H12N4O4/c1-8-9(10-4-2-3-5-11(10)16-8)6-7-12-17-14(20)13(19(22)23)15(21)18-12/h2-7,16H,1H3,(H2,17,18,20,21). The maximum atomic E-state index is 11.6. The van der Waals surface area contributed by atoms with Crippen LogP contribution in [0.5, 0.6) is 5.88 Å². The maximum absolute atomic E-state index is 11.6. The van der Waals surface area contributed by atoms with E-state index in [2.05, 4.69) is 15.0 Å². The fourth-order valence-electron chi connectivity index (χ4n) is 2.39. The Hall–Kier alpha value is -3.42. The summed E-state index contributed by atoms with van der Waals surface area (Å²) in [6.07, 6.45) is 3.20. The summed E-state index contributed by atoms with van der Waals surface area (Å²) in [5, 5.41) is 21.2. The molecular formula is C15H12N4O4. The summed E-state index contributed by atoms with van der Waals surface area (Å²) < 4.78 is 0. The van der Waals surface area contributed by atoms with Crippen molar-refractivity contribution in [3.63, 3.8) is 0 Å². The molecule has 0 saturated heterocycles. The number of nitrogens with zero attached hydrogens (tertiary/aromatic N) is 2. The first-order valence-electron chi connectivity index (χ1n) is 6.70. The fourth-order valence-corrected chi connectivity index (χ4v) is 2.39. The zero-order chi connectivity index (χ0) is 16.6. The molecule has 8 heteroatoms. The van der Waals surface area contributed by atoms with Gasteiger partial charge in [-0.2, -0.15) is 4.98 Å². The van der Waals surface area contributed by atoms with Gasteiger partial charge in [-0.1, -0.05) is 18.2 Å². The lowest BCUT2D eigenvalue weighted by atomic mass is 10.1. The second-order valence-electron chi connectivity index (χ2n) is 4.92. The van der Waals surface area contributed by atoms with E-state index in [1.807, 2.05) is 31.2 Å². The first kappa shape index (κ1) is 14.5. The zero-order valence-electron chi connectivity index (χ0n) is 12.0. The number of hydrogen-bond acceptors (Lipinski definition) is 5. The minimum absolute atomic E-state index is 0.0304. The number of aromatic hydroxyl groups is 1. The molecule has 0 unspecified atom stereocenters. The Labute approximate surface area is 129 Å². The van der Waals surface area contributed by atoms with Gasteiger partial charge in [0.1, 0.15) is 5.82 Å². The van der Waals surface area contributed by atoms with Gasteiger partial charge in [0, 0.05) is 22.2 Å². The maximum Gasteiger partial charge on any atom is 0.395 e. The molecule has 3 rings (SSSR count). The number of aryl methyl sites for hydroxylation is 1. The van der Waals surface area contributed by atoms with E-state index in [0.29, 0.717) is 0 Å². The minimum atomic E-state index is -1.00. The molecule has 3 aromatic rings. The molecule has 0 amide bonds. The first-order chi connectivity index (χ1) is 11.0. The van der Waals surface area contributed by atoms with E-state index in [1.54, 1.807) is 6.08 Å². The van der Waals surface area contributed by atoms with Crippen LogP contribution in [-0.2, 0) is 0 Å². The Morgan fingerprint density at radius 1 is 1.26 bits per heavy atom. The molecule has 3 N–H and O–H groups in total. The average molecular weight is 312 g/mol. The van der Waals surface area contributed by atoms with Crippen molar-refractivity contribution in [2.24, 2.45) is 0 Å². The highest BCUT2D eigenvalue weighted by Gasteiger charge is 2.21. The molecular weight excluding hydrogens is 300 g/mol. The van der Waals surface area contributed by atoms with Gasteiger partial charge < -0.3 is 15.1 Å². The number of rotatable bonds is 3. The Balaban J connectivity index is 2.04. The van der Waals surface area contributed by atoms with Crippen molar-refractivity contribution in [3.8, 4) is 5.88 Å². The number of benzene rings is 1. The summed E-state index contributed by atoms with van der Waals surface area (Å²) in [4.78, 5) is 30.4. The highest BCUT2D eigenvalue weighted by Crippen LogP contribution is 2.24. The lowest BCUT2D eigenvalue weighted by molar-refractivity contribution is -0.387. The van der Waals surface area contributed by atoms with Crippen LogP contribution in [-0.4, -0.2) is 25.0 Å². The lowest BCUT2D eigenvalue weighted by Crippen LogP contribution is -2.14. The van der Waals surface area contributed by atoms with E-state index in [1.165, 1.54) is 6.08 Å². The Bertz CT molecular complexity index is 1000. The van der Waals surface area contributed by atoms with Crippen molar-refractivity contribution in [2.75, 3.05) is 0 Å². The molecule has 8 nitrogen and oxygen atoms in total. The first-order valence-corrected chi connectivity index (χ1v) is 6.70. The molecule has 116 valence electrons. The predicted molar refractivity (Wildman–Crippen MR) is 85.1 cm³/mol. The van der Waals surface area contributed by atoms with E-state index < -0.39 is 22.0 Å². The second-order valence-corrected chi connectivity index (χ2v) is 4.92. The van der Waals surface area contributed by atoms with Crippen LogP contribution in [0.15, 0.2) is 29.1 Å². The van der Waals surface area contributed by atoms with Gasteiger partial charge >= 0.3 is 11.2 Å². The monoisotopic (exact) mass is 312 g/mol. The van der Waals surface area contributed by atoms with Gasteiger partial charge in [-0.25, -0.2) is 0 Å². The van der Waals surface area contributed by atoms with E-state index in [4.69, 9.17) is 0 Å². The number of fused-ring (bicyclic) bond motifs is 1. The van der Waals surface area contributed by atoms with Crippen LogP contribution in [0.4, 0.5) is 5.69 Å². The topological polar surface area (TPSA) is 125 Å². The summed E-state index contributed by atoms with van der Waals surface area (Å²) in [6, 6.07) is 7.71. The summed E-state index contributed by atoms with van der Waals surface area (Å²) in [7, 11) is 0. The van der Waals surface area contributed by atoms with Crippen molar-refractivity contribution in [1.82, 2.24) is 15.0 Å². The summed E-state index contributed by atoms with van der Waals surface area (Å²) in [5.41, 5.74) is 0.831. The van der Waals surface area contributed by atoms with Crippen molar-refractivity contribution in [1.29, 1.82) is 0 Å². The second kappa shape index (κ2) is 5.41. The van der Waals surface area contributed by atoms with Crippen LogP contribution in [0.25, 0.3) is 23.1 Å². The van der Waals surface area contributed by atoms with Gasteiger partial charge in [-0.15, -0.1) is 0 Å². The molecule has 2 heterocycles. The largest absolute Gasteiger partial charge is 0.488 e. The molecule has 0 spiro atoms. The highest BCUT2D eigenvalue weighted by atomic mass is 16.6.